The molecule has 0 amide bonds. The fraction of sp³-hybridized carbons (Fsp3) is 0.500. The normalized spacial score (nSPS) is 23.8. The third-order valence-corrected chi connectivity index (χ3v) is 1.48. The molecule has 1 heterocycles. The van der Waals surface area contributed by atoms with Gasteiger partial charge in [-0.2, -0.15) is 0 Å². The number of hydrogen-bond acceptors (Lipinski definition) is 6. The first-order valence-corrected chi connectivity index (χ1v) is 3.20. The summed E-state index contributed by atoms with van der Waals surface area (Å²) >= 11 is 0. The Kier molecular flexibility index (Phi) is 5.45. The van der Waals surface area contributed by atoms with Gasteiger partial charge in [-0.3, -0.25) is 0 Å². The van der Waals surface area contributed by atoms with Crippen LogP contribution in [-0.4, -0.2) is 45.2 Å². The summed E-state index contributed by atoms with van der Waals surface area (Å²) in [5.74, 6) is -2.78. The molecule has 0 saturated carbocycles. The fourth-order valence-corrected chi connectivity index (χ4v) is 0.823. The van der Waals surface area contributed by atoms with Crippen LogP contribution in [0.5, 0.6) is 0 Å². The number of hydrogen-bond donors (Lipinski definition) is 4. The zero-order valence-electron chi connectivity index (χ0n) is 6.97. The second-order valence-corrected chi connectivity index (χ2v) is 2.31. The number of rotatable bonds is 2. The van der Waals surface area contributed by atoms with Crippen LogP contribution in [0.1, 0.15) is 0 Å². The van der Waals surface area contributed by atoms with Crippen LogP contribution in [0.15, 0.2) is 11.5 Å². The number of aliphatic hydroxyl groups excluding tert-OH is 4. The van der Waals surface area contributed by atoms with Gasteiger partial charge in [0.15, 0.2) is 11.9 Å². The van der Waals surface area contributed by atoms with Crippen LogP contribution < -0.4 is 51.4 Å². The maximum atomic E-state index is 10.5. The zero-order chi connectivity index (χ0) is 9.30. The van der Waals surface area contributed by atoms with Crippen LogP contribution in [0.25, 0.3) is 0 Å². The molecular formula is C6H8KO6+. The Morgan fingerprint density at radius 1 is 1.46 bits per heavy atom. The molecule has 68 valence electrons. The molecule has 0 spiro atoms. The van der Waals surface area contributed by atoms with Gasteiger partial charge < -0.3 is 25.2 Å². The molecule has 0 bridgehead atoms. The van der Waals surface area contributed by atoms with E-state index < -0.39 is 36.3 Å². The number of ether oxygens (including phenoxy) is 1. The molecule has 1 rings (SSSR count). The maximum Gasteiger partial charge on any atom is 1.00 e. The quantitative estimate of drug-likeness (QED) is 0.274. The molecule has 1 aliphatic rings. The smallest absolute Gasteiger partial charge is 0.505 e. The average Bonchev–Trinajstić information content (AvgIpc) is 2.32. The number of aliphatic hydroxyl groups is 4. The standard InChI is InChI=1S/C6H8O6.K/c7-1-2(8)5-3(9)4(10)6(11)12-5;/h2,5,7-10H,1H2;/q;+1/t2-,5-;/m1./s1. The van der Waals surface area contributed by atoms with Gasteiger partial charge in [0.2, 0.25) is 5.76 Å². The van der Waals surface area contributed by atoms with Crippen molar-refractivity contribution < 1.29 is 81.3 Å². The van der Waals surface area contributed by atoms with Gasteiger partial charge in [0.1, 0.15) is 6.10 Å². The van der Waals surface area contributed by atoms with E-state index in [9.17, 15) is 4.79 Å². The Balaban J connectivity index is 0.00000144. The summed E-state index contributed by atoms with van der Waals surface area (Å²) in [7, 11) is 0. The minimum atomic E-state index is -1.42. The molecule has 0 aromatic heterocycles. The second kappa shape index (κ2) is 5.30. The Morgan fingerprint density at radius 2 is 2.00 bits per heavy atom. The fourth-order valence-electron chi connectivity index (χ4n) is 0.823. The number of esters is 1. The van der Waals surface area contributed by atoms with E-state index in [2.05, 4.69) is 4.74 Å². The van der Waals surface area contributed by atoms with Crippen molar-refractivity contribution in [3.05, 3.63) is 11.5 Å². The van der Waals surface area contributed by atoms with E-state index >= 15 is 0 Å². The molecule has 6 nitrogen and oxygen atoms in total. The summed E-state index contributed by atoms with van der Waals surface area (Å²) in [4.78, 5) is 10.5. The minimum absolute atomic E-state index is 0. The summed E-state index contributed by atoms with van der Waals surface area (Å²) in [5.41, 5.74) is 0. The van der Waals surface area contributed by atoms with Crippen LogP contribution in [0.3, 0.4) is 0 Å². The molecule has 0 aliphatic carbocycles. The third kappa shape index (κ3) is 2.66. The van der Waals surface area contributed by atoms with Gasteiger partial charge in [-0.25, -0.2) is 4.79 Å². The van der Waals surface area contributed by atoms with Crippen molar-refractivity contribution in [3.63, 3.8) is 0 Å². The molecule has 0 aromatic rings. The van der Waals surface area contributed by atoms with E-state index in [-0.39, 0.29) is 51.4 Å². The van der Waals surface area contributed by atoms with Crippen molar-refractivity contribution in [1.82, 2.24) is 0 Å². The van der Waals surface area contributed by atoms with Crippen molar-refractivity contribution in [2.45, 2.75) is 12.2 Å². The predicted octanol–water partition coefficient (Wildman–Crippen LogP) is -4.40. The third-order valence-electron chi connectivity index (χ3n) is 1.48. The van der Waals surface area contributed by atoms with Crippen LogP contribution in [0.2, 0.25) is 0 Å². The van der Waals surface area contributed by atoms with Gasteiger partial charge in [-0.1, -0.05) is 0 Å². The van der Waals surface area contributed by atoms with Gasteiger partial charge in [-0.15, -0.1) is 0 Å². The van der Waals surface area contributed by atoms with Crippen molar-refractivity contribution in [2.75, 3.05) is 6.61 Å². The van der Waals surface area contributed by atoms with Crippen molar-refractivity contribution in [2.24, 2.45) is 0 Å². The van der Waals surface area contributed by atoms with Crippen molar-refractivity contribution >= 4 is 5.97 Å². The number of carbonyl (C=O) groups is 1. The predicted molar refractivity (Wildman–Crippen MR) is 35.3 cm³/mol. The van der Waals surface area contributed by atoms with Gasteiger partial charge >= 0.3 is 57.4 Å². The van der Waals surface area contributed by atoms with Crippen LogP contribution in [0.4, 0.5) is 0 Å². The largest absolute Gasteiger partial charge is 1.00 e. The van der Waals surface area contributed by atoms with E-state index in [0.717, 1.165) is 0 Å². The Labute approximate surface area is 116 Å². The maximum absolute atomic E-state index is 10.5. The molecule has 0 aromatic carbocycles. The van der Waals surface area contributed by atoms with Crippen molar-refractivity contribution in [1.29, 1.82) is 0 Å². The Bertz CT molecular complexity index is 237. The van der Waals surface area contributed by atoms with Crippen LogP contribution in [-0.2, 0) is 9.53 Å². The van der Waals surface area contributed by atoms with Gasteiger partial charge in [0.05, 0.1) is 6.61 Å². The van der Waals surface area contributed by atoms with E-state index in [0.29, 0.717) is 0 Å². The van der Waals surface area contributed by atoms with E-state index in [1.807, 2.05) is 0 Å². The second-order valence-electron chi connectivity index (χ2n) is 2.31. The van der Waals surface area contributed by atoms with Gasteiger partial charge in [-0.05, 0) is 0 Å². The zero-order valence-corrected chi connectivity index (χ0v) is 10.1. The first-order chi connectivity index (χ1) is 5.57. The average molecular weight is 215 g/mol. The molecule has 1 aliphatic heterocycles. The van der Waals surface area contributed by atoms with E-state index in [1.54, 1.807) is 0 Å². The van der Waals surface area contributed by atoms with Crippen LogP contribution >= 0.6 is 0 Å². The molecule has 7 heteroatoms. The number of cyclic esters (lactones) is 1. The molecule has 4 N–H and O–H groups in total. The summed E-state index contributed by atoms with van der Waals surface area (Å²) in [6, 6.07) is 0. The topological polar surface area (TPSA) is 107 Å². The van der Waals surface area contributed by atoms with E-state index in [1.165, 1.54) is 0 Å². The molecule has 0 fully saturated rings. The molecule has 13 heavy (non-hydrogen) atoms. The Morgan fingerprint density at radius 3 is 2.31 bits per heavy atom. The monoisotopic (exact) mass is 215 g/mol. The SMILES string of the molecule is O=C1O[C@H]([C@H](O)CO)C(O)=C1O.[K+]. The molecule has 0 unspecified atom stereocenters. The summed E-state index contributed by atoms with van der Waals surface area (Å²) < 4.78 is 4.32. The van der Waals surface area contributed by atoms with Gasteiger partial charge in [0.25, 0.3) is 0 Å². The summed E-state index contributed by atoms with van der Waals surface area (Å²) in [6.07, 6.45) is -2.78. The number of carbonyl (C=O) groups excluding carboxylic acids is 1. The van der Waals surface area contributed by atoms with E-state index in [4.69, 9.17) is 20.4 Å². The Hall–Kier alpha value is 0.366. The first-order valence-electron chi connectivity index (χ1n) is 3.20. The van der Waals surface area contributed by atoms with Gasteiger partial charge in [0, 0.05) is 0 Å². The minimum Gasteiger partial charge on any atom is -0.505 e. The molecule has 0 saturated heterocycles. The summed E-state index contributed by atoms with van der Waals surface area (Å²) in [5, 5.41) is 35.0. The molecular weight excluding hydrogens is 207 g/mol. The molecule has 2 atom stereocenters. The van der Waals surface area contributed by atoms with Crippen LogP contribution in [0, 0.1) is 0 Å². The summed E-state index contributed by atoms with van der Waals surface area (Å²) in [6.45, 7) is -0.671. The first kappa shape index (κ1) is 13.4. The molecule has 0 radical (unpaired) electrons. The van der Waals surface area contributed by atoms with Crippen molar-refractivity contribution in [3.8, 4) is 0 Å².